The largest absolute Gasteiger partial charge is 0.208 e. The molecular weight excluding hydrogens is 703 g/mol. The lowest BCUT2D eigenvalue weighted by atomic mass is 9.94. The summed E-state index contributed by atoms with van der Waals surface area (Å²) in [6.07, 6.45) is 0. The molecule has 0 aliphatic rings. The van der Waals surface area contributed by atoms with Crippen molar-refractivity contribution in [3.8, 4) is 67.5 Å². The van der Waals surface area contributed by atoms with Crippen molar-refractivity contribution in [2.24, 2.45) is 0 Å². The van der Waals surface area contributed by atoms with Crippen LogP contribution in [0.25, 0.3) is 111 Å². The van der Waals surface area contributed by atoms with E-state index in [0.717, 1.165) is 44.0 Å². The van der Waals surface area contributed by atoms with Crippen molar-refractivity contribution in [1.29, 1.82) is 0 Å². The molecule has 0 N–H and O–H groups in total. The molecular formula is C55H35N3. The van der Waals surface area contributed by atoms with Crippen LogP contribution in [0.1, 0.15) is 0 Å². The van der Waals surface area contributed by atoms with E-state index in [1.165, 1.54) is 49.2 Å². The minimum atomic E-state index is 0.631. The van der Waals surface area contributed by atoms with Gasteiger partial charge in [0.1, 0.15) is 0 Å². The summed E-state index contributed by atoms with van der Waals surface area (Å²) in [5.41, 5.74) is 9.90. The number of rotatable bonds is 6. The number of hydrogen-bond donors (Lipinski definition) is 0. The lowest BCUT2D eigenvalue weighted by Gasteiger charge is -2.13. The summed E-state index contributed by atoms with van der Waals surface area (Å²) in [6, 6.07) is 75.4. The SMILES string of the molecule is c1ccc(-c2cccc3c(-c4nc(-c5cccc(-c6ccc7cc(-c8cccc9ccccc89)ccc7c6)c5)nc(-c5ccc6ccccc6c5)n4)cccc23)cc1. The Hall–Kier alpha value is -7.75. The lowest BCUT2D eigenvalue weighted by Crippen LogP contribution is -2.01. The van der Waals surface area contributed by atoms with Crippen LogP contribution in [0.3, 0.4) is 0 Å². The van der Waals surface area contributed by atoms with Gasteiger partial charge in [0.25, 0.3) is 0 Å². The number of fused-ring (bicyclic) bond motifs is 4. The quantitative estimate of drug-likeness (QED) is 0.171. The average molecular weight is 738 g/mol. The van der Waals surface area contributed by atoms with Crippen molar-refractivity contribution < 1.29 is 0 Å². The second kappa shape index (κ2) is 14.1. The van der Waals surface area contributed by atoms with Crippen LogP contribution in [0.15, 0.2) is 212 Å². The number of benzene rings is 10. The molecule has 0 bridgehead atoms. The molecule has 0 aliphatic heterocycles. The fourth-order valence-electron chi connectivity index (χ4n) is 8.37. The van der Waals surface area contributed by atoms with Gasteiger partial charge >= 0.3 is 0 Å². The zero-order chi connectivity index (χ0) is 38.4. The standard InChI is InChI=1S/C55H35N3/c1-2-13-37(14-3-1)48-22-10-24-51-50(48)23-11-25-52(51)55-57-53(56-54(58-55)46-31-26-36-12-4-5-16-39(36)34-46)45-19-8-18-40(35-45)41-27-28-43-33-44(30-29-42(43)32-41)49-21-9-17-38-15-6-7-20-47(38)49/h1-35H. The zero-order valence-corrected chi connectivity index (χ0v) is 31.5. The van der Waals surface area contributed by atoms with E-state index in [1.807, 2.05) is 0 Å². The molecule has 3 heteroatoms. The highest BCUT2D eigenvalue weighted by molar-refractivity contribution is 6.04. The topological polar surface area (TPSA) is 38.7 Å². The maximum absolute atomic E-state index is 5.24. The Labute approximate surface area is 336 Å². The van der Waals surface area contributed by atoms with Crippen LogP contribution >= 0.6 is 0 Å². The molecule has 1 heterocycles. The average Bonchev–Trinajstić information content (AvgIpc) is 3.30. The Morgan fingerprint density at radius 3 is 1.45 bits per heavy atom. The molecule has 0 saturated carbocycles. The lowest BCUT2D eigenvalue weighted by molar-refractivity contribution is 1.08. The predicted molar refractivity (Wildman–Crippen MR) is 242 cm³/mol. The molecule has 1 aromatic heterocycles. The van der Waals surface area contributed by atoms with Crippen molar-refractivity contribution in [3.05, 3.63) is 212 Å². The molecule has 0 radical (unpaired) electrons. The minimum absolute atomic E-state index is 0.631. The molecule has 0 spiro atoms. The zero-order valence-electron chi connectivity index (χ0n) is 31.5. The fraction of sp³-hybridized carbons (Fsp3) is 0. The highest BCUT2D eigenvalue weighted by atomic mass is 15.0. The van der Waals surface area contributed by atoms with Gasteiger partial charge in [-0.15, -0.1) is 0 Å². The first-order valence-corrected chi connectivity index (χ1v) is 19.7. The minimum Gasteiger partial charge on any atom is -0.208 e. The molecule has 0 atom stereocenters. The van der Waals surface area contributed by atoms with Crippen LogP contribution in [0.5, 0.6) is 0 Å². The van der Waals surface area contributed by atoms with E-state index in [-0.39, 0.29) is 0 Å². The Morgan fingerprint density at radius 2 is 0.638 bits per heavy atom. The maximum Gasteiger partial charge on any atom is 0.164 e. The van der Waals surface area contributed by atoms with Gasteiger partial charge < -0.3 is 0 Å². The Bertz CT molecular complexity index is 3340. The van der Waals surface area contributed by atoms with Gasteiger partial charge in [-0.25, -0.2) is 15.0 Å². The Kier molecular flexibility index (Phi) is 8.15. The van der Waals surface area contributed by atoms with Gasteiger partial charge in [0.15, 0.2) is 17.5 Å². The molecule has 0 aliphatic carbocycles. The van der Waals surface area contributed by atoms with E-state index in [9.17, 15) is 0 Å². The molecule has 10 aromatic carbocycles. The van der Waals surface area contributed by atoms with Crippen LogP contribution in [0.4, 0.5) is 0 Å². The van der Waals surface area contributed by atoms with E-state index in [4.69, 9.17) is 15.0 Å². The molecule has 0 fully saturated rings. The Balaban J connectivity index is 1.02. The van der Waals surface area contributed by atoms with Crippen LogP contribution in [-0.2, 0) is 0 Å². The smallest absolute Gasteiger partial charge is 0.164 e. The first kappa shape index (κ1) is 33.6. The monoisotopic (exact) mass is 737 g/mol. The molecule has 0 amide bonds. The summed E-state index contributed by atoms with van der Waals surface area (Å²) >= 11 is 0. The first-order chi connectivity index (χ1) is 28.7. The van der Waals surface area contributed by atoms with Gasteiger partial charge in [-0.1, -0.05) is 188 Å². The summed E-state index contributed by atoms with van der Waals surface area (Å²) in [7, 11) is 0. The first-order valence-electron chi connectivity index (χ1n) is 19.7. The van der Waals surface area contributed by atoms with Gasteiger partial charge in [0, 0.05) is 16.7 Å². The molecule has 0 unspecified atom stereocenters. The van der Waals surface area contributed by atoms with E-state index in [0.29, 0.717) is 17.5 Å². The molecule has 11 rings (SSSR count). The molecule has 11 aromatic rings. The van der Waals surface area contributed by atoms with Gasteiger partial charge in [0.2, 0.25) is 0 Å². The predicted octanol–water partition coefficient (Wildman–Crippen LogP) is 14.5. The van der Waals surface area contributed by atoms with Crippen LogP contribution < -0.4 is 0 Å². The van der Waals surface area contributed by atoms with E-state index in [1.54, 1.807) is 0 Å². The van der Waals surface area contributed by atoms with Crippen LogP contribution in [0.2, 0.25) is 0 Å². The third-order valence-electron chi connectivity index (χ3n) is 11.3. The van der Waals surface area contributed by atoms with Crippen molar-refractivity contribution in [2.75, 3.05) is 0 Å². The highest BCUT2D eigenvalue weighted by Crippen LogP contribution is 2.37. The summed E-state index contributed by atoms with van der Waals surface area (Å²) < 4.78 is 0. The van der Waals surface area contributed by atoms with Gasteiger partial charge in [0.05, 0.1) is 0 Å². The number of aromatic nitrogens is 3. The van der Waals surface area contributed by atoms with Gasteiger partial charge in [-0.3, -0.25) is 0 Å². The molecule has 0 saturated heterocycles. The van der Waals surface area contributed by atoms with E-state index in [2.05, 4.69) is 212 Å². The van der Waals surface area contributed by atoms with Crippen LogP contribution in [0, 0.1) is 0 Å². The van der Waals surface area contributed by atoms with Crippen molar-refractivity contribution in [3.63, 3.8) is 0 Å². The fourth-order valence-corrected chi connectivity index (χ4v) is 8.37. The Morgan fingerprint density at radius 1 is 0.207 bits per heavy atom. The maximum atomic E-state index is 5.24. The summed E-state index contributed by atoms with van der Waals surface area (Å²) in [4.78, 5) is 15.6. The van der Waals surface area contributed by atoms with E-state index >= 15 is 0 Å². The molecule has 270 valence electrons. The van der Waals surface area contributed by atoms with Gasteiger partial charge in [-0.05, 0) is 101 Å². The number of hydrogen-bond acceptors (Lipinski definition) is 3. The van der Waals surface area contributed by atoms with Gasteiger partial charge in [-0.2, -0.15) is 0 Å². The summed E-state index contributed by atoms with van der Waals surface area (Å²) in [6.45, 7) is 0. The summed E-state index contributed by atoms with van der Waals surface area (Å²) in [5.74, 6) is 1.91. The normalized spacial score (nSPS) is 11.4. The second-order valence-electron chi connectivity index (χ2n) is 14.8. The van der Waals surface area contributed by atoms with Crippen molar-refractivity contribution >= 4 is 43.1 Å². The van der Waals surface area contributed by atoms with Crippen LogP contribution in [-0.4, -0.2) is 15.0 Å². The molecule has 3 nitrogen and oxygen atoms in total. The molecule has 58 heavy (non-hydrogen) atoms. The number of nitrogens with zero attached hydrogens (tertiary/aromatic N) is 3. The second-order valence-corrected chi connectivity index (χ2v) is 14.8. The van der Waals surface area contributed by atoms with Crippen molar-refractivity contribution in [2.45, 2.75) is 0 Å². The highest BCUT2D eigenvalue weighted by Gasteiger charge is 2.17. The third kappa shape index (κ3) is 6.07. The summed E-state index contributed by atoms with van der Waals surface area (Å²) in [5, 5.41) is 9.48. The third-order valence-corrected chi connectivity index (χ3v) is 11.3. The van der Waals surface area contributed by atoms with E-state index < -0.39 is 0 Å². The van der Waals surface area contributed by atoms with Crippen molar-refractivity contribution in [1.82, 2.24) is 15.0 Å².